The topological polar surface area (TPSA) is 77.7 Å². The van der Waals surface area contributed by atoms with E-state index in [0.29, 0.717) is 13.0 Å². The number of aromatic nitrogens is 2. The number of para-hydroxylation sites is 2. The van der Waals surface area contributed by atoms with Gasteiger partial charge >= 0.3 is 0 Å². The van der Waals surface area contributed by atoms with Crippen molar-refractivity contribution in [1.82, 2.24) is 14.5 Å². The van der Waals surface area contributed by atoms with Crippen LogP contribution in [-0.2, 0) is 21.7 Å². The van der Waals surface area contributed by atoms with Gasteiger partial charge in [-0.15, -0.1) is 0 Å². The molecule has 7 nitrogen and oxygen atoms in total. The van der Waals surface area contributed by atoms with E-state index in [9.17, 15) is 9.90 Å². The van der Waals surface area contributed by atoms with Gasteiger partial charge in [-0.05, 0) is 24.6 Å². The van der Waals surface area contributed by atoms with E-state index in [1.807, 2.05) is 31.2 Å². The Bertz CT molecular complexity index is 1740. The summed E-state index contributed by atoms with van der Waals surface area (Å²) in [6, 6.07) is 16.5. The predicted octanol–water partition coefficient (Wildman–Crippen LogP) is 4.13. The molecular weight excluding hydrogens is 430 g/mol. The van der Waals surface area contributed by atoms with Gasteiger partial charge in [-0.25, -0.2) is 0 Å². The zero-order valence-electron chi connectivity index (χ0n) is 18.9. The zero-order valence-corrected chi connectivity index (χ0v) is 18.9. The van der Waals surface area contributed by atoms with Crippen molar-refractivity contribution in [2.24, 2.45) is 0 Å². The smallest absolute Gasteiger partial charge is 0.252 e. The molecule has 3 atom stereocenters. The van der Waals surface area contributed by atoms with Crippen LogP contribution in [0.3, 0.4) is 0 Å². The second-order valence-corrected chi connectivity index (χ2v) is 9.84. The summed E-state index contributed by atoms with van der Waals surface area (Å²) >= 11 is 0. The van der Waals surface area contributed by atoms with E-state index in [1.165, 1.54) is 0 Å². The van der Waals surface area contributed by atoms with E-state index >= 15 is 0 Å². The highest BCUT2D eigenvalue weighted by Crippen LogP contribution is 2.58. The highest BCUT2D eigenvalue weighted by atomic mass is 16.6. The molecule has 3 aromatic carbocycles. The number of nitrogens with one attached hydrogen (secondary N) is 1. The van der Waals surface area contributed by atoms with Crippen molar-refractivity contribution < 1.29 is 19.4 Å². The summed E-state index contributed by atoms with van der Waals surface area (Å²) in [6.45, 7) is 2.34. The highest BCUT2D eigenvalue weighted by Gasteiger charge is 2.62. The quantitative estimate of drug-likeness (QED) is 0.421. The Morgan fingerprint density at radius 3 is 2.53 bits per heavy atom. The number of nitrogens with zero attached hydrogens (tertiary/aromatic N) is 2. The minimum absolute atomic E-state index is 0.0280. The minimum Gasteiger partial charge on any atom is -0.393 e. The SMILES string of the molecule is CO[C@]1(CO)C[C@@H]2O[C@@]1(C)n1c3ccccc3c3c4c(c5c6ccccc6n2c5c31)C(=O)NC4. The summed E-state index contributed by atoms with van der Waals surface area (Å²) in [5, 5.41) is 17.9. The second-order valence-electron chi connectivity index (χ2n) is 9.84. The van der Waals surface area contributed by atoms with Crippen molar-refractivity contribution in [1.29, 1.82) is 0 Å². The Labute approximate surface area is 194 Å². The number of hydrogen-bond acceptors (Lipinski definition) is 4. The Morgan fingerprint density at radius 2 is 1.79 bits per heavy atom. The molecule has 0 saturated carbocycles. The molecule has 0 aliphatic carbocycles. The van der Waals surface area contributed by atoms with Gasteiger partial charge < -0.3 is 29.0 Å². The van der Waals surface area contributed by atoms with Crippen LogP contribution in [-0.4, -0.2) is 39.5 Å². The molecule has 7 heteroatoms. The number of aliphatic hydroxyl groups excluding tert-OH is 1. The van der Waals surface area contributed by atoms with Crippen LogP contribution in [0.15, 0.2) is 48.5 Å². The Kier molecular flexibility index (Phi) is 3.24. The first-order chi connectivity index (χ1) is 16.5. The molecule has 1 amide bonds. The van der Waals surface area contributed by atoms with Gasteiger partial charge in [0.2, 0.25) is 0 Å². The fourth-order valence-corrected chi connectivity index (χ4v) is 7.06. The van der Waals surface area contributed by atoms with Crippen molar-refractivity contribution in [3.05, 3.63) is 59.7 Å². The lowest BCUT2D eigenvalue weighted by molar-refractivity contribution is -0.201. The lowest BCUT2D eigenvalue weighted by atomic mass is 9.89. The summed E-state index contributed by atoms with van der Waals surface area (Å²) in [5.74, 6) is -0.0280. The van der Waals surface area contributed by atoms with Gasteiger partial charge in [-0.2, -0.15) is 0 Å². The summed E-state index contributed by atoms with van der Waals surface area (Å²) < 4.78 is 17.5. The van der Waals surface area contributed by atoms with Gasteiger partial charge in [0.25, 0.3) is 5.91 Å². The largest absolute Gasteiger partial charge is 0.393 e. The molecule has 3 aliphatic heterocycles. The molecule has 34 heavy (non-hydrogen) atoms. The van der Waals surface area contributed by atoms with Crippen molar-refractivity contribution in [2.45, 2.75) is 37.4 Å². The molecule has 2 N–H and O–H groups in total. The molecule has 0 radical (unpaired) electrons. The molecule has 0 unspecified atom stereocenters. The first-order valence-corrected chi connectivity index (χ1v) is 11.7. The van der Waals surface area contributed by atoms with Crippen LogP contribution in [0.25, 0.3) is 43.6 Å². The molecule has 2 aromatic heterocycles. The normalized spacial score (nSPS) is 27.4. The standard InChI is InChI=1S/C27H23N3O4/c1-26-27(13-31,33-2)11-19(34-26)29-17-9-5-3-7-14(17)21-22-16(12-28-25(22)32)20-15-8-4-6-10-18(15)30(26)24(20)23(21)29/h3-10,19,31H,11-13H2,1-2H3,(H,28,32)/t19-,26+,27-/m0/s1. The molecule has 0 spiro atoms. The number of fused-ring (bicyclic) bond motifs is 13. The fraction of sp³-hybridized carbons (Fsp3) is 0.296. The van der Waals surface area contributed by atoms with Crippen LogP contribution in [0.1, 0.15) is 35.5 Å². The fourth-order valence-electron chi connectivity index (χ4n) is 7.06. The summed E-state index contributed by atoms with van der Waals surface area (Å²) in [5.41, 5.74) is 3.96. The van der Waals surface area contributed by atoms with Gasteiger partial charge in [0.05, 0.1) is 34.2 Å². The van der Waals surface area contributed by atoms with Gasteiger partial charge in [0.15, 0.2) is 5.72 Å². The molecule has 1 fully saturated rings. The maximum Gasteiger partial charge on any atom is 0.252 e. The molecule has 1 saturated heterocycles. The van der Waals surface area contributed by atoms with Crippen LogP contribution < -0.4 is 5.32 Å². The summed E-state index contributed by atoms with van der Waals surface area (Å²) in [6.07, 6.45) is 0.130. The zero-order chi connectivity index (χ0) is 23.0. The van der Waals surface area contributed by atoms with E-state index in [-0.39, 0.29) is 18.7 Å². The van der Waals surface area contributed by atoms with Crippen molar-refractivity contribution in [2.75, 3.05) is 13.7 Å². The summed E-state index contributed by atoms with van der Waals surface area (Å²) in [4.78, 5) is 13.2. The summed E-state index contributed by atoms with van der Waals surface area (Å²) in [7, 11) is 1.65. The maximum atomic E-state index is 13.2. The predicted molar refractivity (Wildman–Crippen MR) is 129 cm³/mol. The average Bonchev–Trinajstić information content (AvgIpc) is 3.55. The lowest BCUT2D eigenvalue weighted by Crippen LogP contribution is -2.54. The number of rotatable bonds is 2. The van der Waals surface area contributed by atoms with Gasteiger partial charge in [0.1, 0.15) is 11.8 Å². The first-order valence-electron chi connectivity index (χ1n) is 11.7. The average molecular weight is 453 g/mol. The van der Waals surface area contributed by atoms with E-state index in [4.69, 9.17) is 9.47 Å². The van der Waals surface area contributed by atoms with E-state index in [2.05, 4.69) is 38.7 Å². The van der Waals surface area contributed by atoms with Crippen LogP contribution in [0.4, 0.5) is 0 Å². The maximum absolute atomic E-state index is 13.2. The molecule has 170 valence electrons. The molecular formula is C27H23N3O4. The number of benzene rings is 3. The van der Waals surface area contributed by atoms with Gasteiger partial charge in [-0.3, -0.25) is 4.79 Å². The van der Waals surface area contributed by atoms with E-state index in [1.54, 1.807) is 7.11 Å². The molecule has 5 aromatic rings. The van der Waals surface area contributed by atoms with Crippen LogP contribution in [0.2, 0.25) is 0 Å². The number of amides is 1. The molecule has 8 rings (SSSR count). The number of hydrogen-bond donors (Lipinski definition) is 2. The third-order valence-electron chi connectivity index (χ3n) is 8.59. The monoisotopic (exact) mass is 453 g/mol. The third-order valence-corrected chi connectivity index (χ3v) is 8.59. The van der Waals surface area contributed by atoms with Crippen molar-refractivity contribution >= 4 is 49.5 Å². The van der Waals surface area contributed by atoms with E-state index in [0.717, 1.165) is 54.7 Å². The number of methoxy groups -OCH3 is 1. The second kappa shape index (κ2) is 5.81. The molecule has 2 bridgehead atoms. The third kappa shape index (κ3) is 1.78. The number of carbonyl (C=O) groups excluding carboxylic acids is 1. The number of aliphatic hydroxyl groups is 1. The molecule has 5 heterocycles. The van der Waals surface area contributed by atoms with Crippen molar-refractivity contribution in [3.8, 4) is 0 Å². The Morgan fingerprint density at radius 1 is 1.09 bits per heavy atom. The Hall–Kier alpha value is -3.39. The van der Waals surface area contributed by atoms with Crippen LogP contribution in [0.5, 0.6) is 0 Å². The van der Waals surface area contributed by atoms with Gasteiger partial charge in [-0.1, -0.05) is 36.4 Å². The van der Waals surface area contributed by atoms with E-state index < -0.39 is 11.3 Å². The molecule has 3 aliphatic rings. The lowest BCUT2D eigenvalue weighted by Gasteiger charge is -2.41. The Balaban J connectivity index is 1.76. The van der Waals surface area contributed by atoms with Crippen LogP contribution >= 0.6 is 0 Å². The number of ether oxygens (including phenoxy) is 2. The first kappa shape index (κ1) is 19.0. The number of carbonyl (C=O) groups is 1. The van der Waals surface area contributed by atoms with Gasteiger partial charge in [0, 0.05) is 41.6 Å². The minimum atomic E-state index is -0.958. The van der Waals surface area contributed by atoms with Crippen LogP contribution in [0, 0.1) is 0 Å². The highest BCUT2D eigenvalue weighted by molar-refractivity contribution is 6.31. The van der Waals surface area contributed by atoms with Crippen molar-refractivity contribution in [3.63, 3.8) is 0 Å².